The first-order chi connectivity index (χ1) is 7.85. The Hall–Kier alpha value is -1.10. The Bertz CT molecular complexity index is 418. The van der Waals surface area contributed by atoms with Gasteiger partial charge in [0.2, 0.25) is 0 Å². The van der Waals surface area contributed by atoms with E-state index in [1.165, 1.54) is 12.1 Å². The van der Waals surface area contributed by atoms with E-state index < -0.39 is 4.92 Å². The molecule has 1 aromatic rings. The summed E-state index contributed by atoms with van der Waals surface area (Å²) in [5, 5.41) is 11.4. The number of nitro benzene ring substituents is 1. The van der Waals surface area contributed by atoms with Gasteiger partial charge >= 0.3 is 0 Å². The van der Waals surface area contributed by atoms with Crippen molar-refractivity contribution in [3.8, 4) is 5.75 Å². The van der Waals surface area contributed by atoms with Crippen LogP contribution in [0.1, 0.15) is 19.4 Å². The van der Waals surface area contributed by atoms with Crippen molar-refractivity contribution in [3.63, 3.8) is 0 Å². The maximum atomic E-state index is 10.6. The third kappa shape index (κ3) is 4.00. The number of nitro groups is 1. The van der Waals surface area contributed by atoms with Crippen molar-refractivity contribution in [3.05, 3.63) is 33.9 Å². The van der Waals surface area contributed by atoms with E-state index in [2.05, 4.69) is 29.8 Å². The lowest BCUT2D eigenvalue weighted by Gasteiger charge is -2.22. The fourth-order valence-corrected chi connectivity index (χ4v) is 1.38. The number of aryl methyl sites for hydroxylation is 1. The van der Waals surface area contributed by atoms with E-state index in [-0.39, 0.29) is 11.1 Å². The lowest BCUT2D eigenvalue weighted by Crippen LogP contribution is -2.23. The number of rotatable bonds is 5. The van der Waals surface area contributed by atoms with Crippen LogP contribution in [-0.2, 0) is 0 Å². The van der Waals surface area contributed by atoms with Crippen LogP contribution in [0.4, 0.5) is 5.69 Å². The van der Waals surface area contributed by atoms with E-state index in [4.69, 9.17) is 4.74 Å². The minimum atomic E-state index is -0.404. The fourth-order valence-electron chi connectivity index (χ4n) is 1.22. The largest absolute Gasteiger partial charge is 0.493 e. The lowest BCUT2D eigenvalue weighted by molar-refractivity contribution is -0.384. The van der Waals surface area contributed by atoms with Crippen LogP contribution in [0.3, 0.4) is 0 Å². The molecule has 0 heterocycles. The molecule has 0 aliphatic heterocycles. The third-order valence-electron chi connectivity index (χ3n) is 2.35. The summed E-state index contributed by atoms with van der Waals surface area (Å²) in [4.78, 5) is 10.2. The molecule has 0 saturated heterocycles. The van der Waals surface area contributed by atoms with Crippen molar-refractivity contribution in [1.82, 2.24) is 0 Å². The molecule has 94 valence electrons. The van der Waals surface area contributed by atoms with Gasteiger partial charge in [-0.15, -0.1) is 0 Å². The highest BCUT2D eigenvalue weighted by molar-refractivity contribution is 9.09. The number of ether oxygens (including phenoxy) is 1. The molecule has 0 aliphatic rings. The van der Waals surface area contributed by atoms with Gasteiger partial charge in [-0.05, 0) is 18.6 Å². The smallest absolute Gasteiger partial charge is 0.269 e. The Morgan fingerprint density at radius 3 is 2.59 bits per heavy atom. The van der Waals surface area contributed by atoms with Crippen molar-refractivity contribution < 1.29 is 9.66 Å². The first-order valence-corrected chi connectivity index (χ1v) is 6.42. The molecule has 1 aromatic carbocycles. The van der Waals surface area contributed by atoms with Gasteiger partial charge in [-0.25, -0.2) is 0 Å². The summed E-state index contributed by atoms with van der Waals surface area (Å²) in [6.07, 6.45) is 0. The van der Waals surface area contributed by atoms with Crippen LogP contribution >= 0.6 is 15.9 Å². The van der Waals surface area contributed by atoms with Crippen LogP contribution in [0.15, 0.2) is 18.2 Å². The maximum Gasteiger partial charge on any atom is 0.269 e. The van der Waals surface area contributed by atoms with Crippen molar-refractivity contribution in [2.45, 2.75) is 20.8 Å². The molecular weight excluding hydrogens is 286 g/mol. The summed E-state index contributed by atoms with van der Waals surface area (Å²) in [6.45, 7) is 6.55. The Balaban J connectivity index is 2.77. The number of alkyl halides is 1. The van der Waals surface area contributed by atoms with Gasteiger partial charge < -0.3 is 4.74 Å². The monoisotopic (exact) mass is 301 g/mol. The molecule has 0 spiro atoms. The van der Waals surface area contributed by atoms with Crippen LogP contribution in [0.5, 0.6) is 5.75 Å². The molecule has 0 radical (unpaired) electrons. The Kier molecular flexibility index (Phi) is 4.51. The summed E-state index contributed by atoms with van der Waals surface area (Å²) >= 11 is 3.42. The summed E-state index contributed by atoms with van der Waals surface area (Å²) in [5.41, 5.74) is 0.910. The van der Waals surface area contributed by atoms with Crippen molar-refractivity contribution >= 4 is 21.6 Å². The molecule has 4 nitrogen and oxygen atoms in total. The third-order valence-corrected chi connectivity index (χ3v) is 3.87. The molecule has 0 fully saturated rings. The Labute approximate surface area is 109 Å². The summed E-state index contributed by atoms with van der Waals surface area (Å²) in [6, 6.07) is 4.64. The standard InChI is InChI=1S/C12H16BrNO3/c1-9-6-10(14(15)16)4-5-11(9)17-8-12(2,3)7-13/h4-6H,7-8H2,1-3H3. The minimum absolute atomic E-state index is 0.0359. The first-order valence-electron chi connectivity index (χ1n) is 5.29. The number of hydrogen-bond donors (Lipinski definition) is 0. The molecule has 0 bridgehead atoms. The number of hydrogen-bond acceptors (Lipinski definition) is 3. The highest BCUT2D eigenvalue weighted by Gasteiger charge is 2.18. The van der Waals surface area contributed by atoms with Crippen LogP contribution in [-0.4, -0.2) is 16.9 Å². The number of non-ortho nitro benzene ring substituents is 1. The van der Waals surface area contributed by atoms with Gasteiger partial charge in [0.1, 0.15) is 5.75 Å². The first kappa shape index (κ1) is 14.0. The Morgan fingerprint density at radius 2 is 2.12 bits per heavy atom. The van der Waals surface area contributed by atoms with Gasteiger partial charge in [-0.2, -0.15) is 0 Å². The van der Waals surface area contributed by atoms with E-state index in [0.717, 1.165) is 10.9 Å². The van der Waals surface area contributed by atoms with Gasteiger partial charge in [0, 0.05) is 22.9 Å². The van der Waals surface area contributed by atoms with E-state index in [9.17, 15) is 10.1 Å². The van der Waals surface area contributed by atoms with E-state index >= 15 is 0 Å². The molecule has 0 aromatic heterocycles. The van der Waals surface area contributed by atoms with E-state index in [0.29, 0.717) is 12.4 Å². The Morgan fingerprint density at radius 1 is 1.47 bits per heavy atom. The number of benzene rings is 1. The molecule has 1 rings (SSSR count). The van der Waals surface area contributed by atoms with Gasteiger partial charge in [-0.1, -0.05) is 29.8 Å². The highest BCUT2D eigenvalue weighted by Crippen LogP contribution is 2.26. The lowest BCUT2D eigenvalue weighted by atomic mass is 9.98. The second-order valence-corrected chi connectivity index (χ2v) is 5.35. The van der Waals surface area contributed by atoms with Crippen LogP contribution in [0, 0.1) is 22.5 Å². The van der Waals surface area contributed by atoms with Crippen LogP contribution in [0.2, 0.25) is 0 Å². The molecule has 0 N–H and O–H groups in total. The van der Waals surface area contributed by atoms with Crippen molar-refractivity contribution in [2.24, 2.45) is 5.41 Å². The zero-order valence-corrected chi connectivity index (χ0v) is 11.8. The molecule has 0 unspecified atom stereocenters. The van der Waals surface area contributed by atoms with Crippen molar-refractivity contribution in [1.29, 1.82) is 0 Å². The summed E-state index contributed by atoms with van der Waals surface area (Å²) in [7, 11) is 0. The number of halogens is 1. The van der Waals surface area contributed by atoms with Gasteiger partial charge in [0.15, 0.2) is 0 Å². The van der Waals surface area contributed by atoms with E-state index in [1.54, 1.807) is 6.07 Å². The topological polar surface area (TPSA) is 52.4 Å². The van der Waals surface area contributed by atoms with Gasteiger partial charge in [-0.3, -0.25) is 10.1 Å². The molecule has 5 heteroatoms. The average molecular weight is 302 g/mol. The zero-order valence-electron chi connectivity index (χ0n) is 10.2. The molecule has 0 saturated carbocycles. The second kappa shape index (κ2) is 5.49. The normalized spacial score (nSPS) is 11.3. The second-order valence-electron chi connectivity index (χ2n) is 4.79. The average Bonchev–Trinajstić information content (AvgIpc) is 2.27. The summed E-state index contributed by atoms with van der Waals surface area (Å²) < 4.78 is 5.67. The fraction of sp³-hybridized carbons (Fsp3) is 0.500. The molecule has 17 heavy (non-hydrogen) atoms. The van der Waals surface area contributed by atoms with E-state index in [1.807, 2.05) is 6.92 Å². The zero-order chi connectivity index (χ0) is 13.1. The molecule has 0 aliphatic carbocycles. The molecular formula is C12H16BrNO3. The summed E-state index contributed by atoms with van der Waals surface area (Å²) in [5.74, 6) is 0.699. The van der Waals surface area contributed by atoms with Gasteiger partial charge in [0.25, 0.3) is 5.69 Å². The molecule has 0 atom stereocenters. The SMILES string of the molecule is Cc1cc([N+](=O)[O-])ccc1OCC(C)(C)CBr. The van der Waals surface area contributed by atoms with Crippen LogP contribution < -0.4 is 4.74 Å². The van der Waals surface area contributed by atoms with Crippen molar-refractivity contribution in [2.75, 3.05) is 11.9 Å². The predicted octanol–water partition coefficient (Wildman–Crippen LogP) is 3.70. The quantitative estimate of drug-likeness (QED) is 0.473. The van der Waals surface area contributed by atoms with Gasteiger partial charge in [0.05, 0.1) is 11.5 Å². The highest BCUT2D eigenvalue weighted by atomic mass is 79.9. The minimum Gasteiger partial charge on any atom is -0.493 e. The number of nitrogens with zero attached hydrogens (tertiary/aromatic N) is 1. The maximum absolute atomic E-state index is 10.6. The predicted molar refractivity (Wildman–Crippen MR) is 70.9 cm³/mol. The molecule has 0 amide bonds. The van der Waals surface area contributed by atoms with Crippen LogP contribution in [0.25, 0.3) is 0 Å².